The molecule has 2 heterocycles. The van der Waals surface area contributed by atoms with Gasteiger partial charge < -0.3 is 10.1 Å². The van der Waals surface area contributed by atoms with Gasteiger partial charge in [-0.25, -0.2) is 9.97 Å². The van der Waals surface area contributed by atoms with Gasteiger partial charge in [-0.3, -0.25) is 0 Å². The third-order valence-corrected chi connectivity index (χ3v) is 4.08. The fraction of sp³-hybridized carbons (Fsp3) is 0.400. The minimum absolute atomic E-state index is 0.351. The SMILES string of the molecule is C=C(C)c1nc(-c2ccc(C(C)C)nc2OC)c(CC)cc1NC. The molecule has 0 aromatic carbocycles. The molecule has 2 aromatic heterocycles. The molecule has 24 heavy (non-hydrogen) atoms. The van der Waals surface area contributed by atoms with Crippen molar-refractivity contribution >= 4 is 11.3 Å². The number of hydrogen-bond donors (Lipinski definition) is 1. The maximum Gasteiger partial charge on any atom is 0.222 e. The van der Waals surface area contributed by atoms with Crippen molar-refractivity contribution in [1.29, 1.82) is 0 Å². The molecular weight excluding hydrogens is 298 g/mol. The molecule has 0 atom stereocenters. The van der Waals surface area contributed by atoms with Gasteiger partial charge in [0, 0.05) is 12.7 Å². The van der Waals surface area contributed by atoms with Crippen LogP contribution < -0.4 is 10.1 Å². The molecule has 4 heteroatoms. The van der Waals surface area contributed by atoms with E-state index in [2.05, 4.69) is 55.9 Å². The summed E-state index contributed by atoms with van der Waals surface area (Å²) in [5.41, 5.74) is 6.79. The van der Waals surface area contributed by atoms with Crippen LogP contribution in [-0.2, 0) is 6.42 Å². The van der Waals surface area contributed by atoms with E-state index in [0.29, 0.717) is 11.8 Å². The van der Waals surface area contributed by atoms with Crippen molar-refractivity contribution in [2.75, 3.05) is 19.5 Å². The number of aromatic nitrogens is 2. The fourth-order valence-electron chi connectivity index (χ4n) is 2.69. The van der Waals surface area contributed by atoms with Gasteiger partial charge in [-0.2, -0.15) is 0 Å². The molecule has 0 unspecified atom stereocenters. The molecule has 0 bridgehead atoms. The van der Waals surface area contributed by atoms with Crippen molar-refractivity contribution < 1.29 is 4.74 Å². The Hall–Kier alpha value is -2.36. The van der Waals surface area contributed by atoms with E-state index in [1.54, 1.807) is 7.11 Å². The summed E-state index contributed by atoms with van der Waals surface area (Å²) in [6, 6.07) is 6.25. The molecule has 128 valence electrons. The lowest BCUT2D eigenvalue weighted by molar-refractivity contribution is 0.397. The van der Waals surface area contributed by atoms with Gasteiger partial charge >= 0.3 is 0 Å². The zero-order valence-corrected chi connectivity index (χ0v) is 15.5. The first-order valence-corrected chi connectivity index (χ1v) is 8.35. The van der Waals surface area contributed by atoms with Crippen molar-refractivity contribution in [3.63, 3.8) is 0 Å². The van der Waals surface area contributed by atoms with Crippen LogP contribution in [0.25, 0.3) is 16.8 Å². The highest BCUT2D eigenvalue weighted by Gasteiger charge is 2.17. The van der Waals surface area contributed by atoms with Gasteiger partial charge in [0.15, 0.2) is 0 Å². The van der Waals surface area contributed by atoms with Gasteiger partial charge in [-0.1, -0.05) is 27.4 Å². The summed E-state index contributed by atoms with van der Waals surface area (Å²) in [4.78, 5) is 9.54. The number of aryl methyl sites for hydroxylation is 1. The minimum atomic E-state index is 0.351. The van der Waals surface area contributed by atoms with Crippen molar-refractivity contribution in [2.45, 2.75) is 40.0 Å². The Morgan fingerprint density at radius 1 is 1.29 bits per heavy atom. The van der Waals surface area contributed by atoms with Crippen LogP contribution in [0.2, 0.25) is 0 Å². The van der Waals surface area contributed by atoms with Gasteiger partial charge in [0.05, 0.1) is 29.7 Å². The number of allylic oxidation sites excluding steroid dienone is 1. The van der Waals surface area contributed by atoms with Gasteiger partial charge in [-0.05, 0) is 48.6 Å². The largest absolute Gasteiger partial charge is 0.480 e. The Labute approximate surface area is 145 Å². The molecule has 0 amide bonds. The van der Waals surface area contributed by atoms with Crippen LogP contribution in [0.3, 0.4) is 0 Å². The molecular formula is C20H27N3O. The van der Waals surface area contributed by atoms with Crippen LogP contribution in [0, 0.1) is 0 Å². The highest BCUT2D eigenvalue weighted by atomic mass is 16.5. The lowest BCUT2D eigenvalue weighted by Gasteiger charge is -2.17. The Balaban J connectivity index is 2.71. The fourth-order valence-corrected chi connectivity index (χ4v) is 2.69. The predicted molar refractivity (Wildman–Crippen MR) is 102 cm³/mol. The second kappa shape index (κ2) is 7.47. The quantitative estimate of drug-likeness (QED) is 0.819. The maximum atomic E-state index is 5.56. The number of ether oxygens (including phenoxy) is 1. The second-order valence-corrected chi connectivity index (χ2v) is 6.22. The first-order valence-electron chi connectivity index (χ1n) is 8.35. The first kappa shape index (κ1) is 18.0. The van der Waals surface area contributed by atoms with Crippen molar-refractivity contribution in [3.8, 4) is 17.1 Å². The van der Waals surface area contributed by atoms with E-state index in [1.165, 1.54) is 0 Å². The molecule has 0 saturated heterocycles. The Bertz CT molecular complexity index is 751. The molecule has 4 nitrogen and oxygen atoms in total. The zero-order valence-electron chi connectivity index (χ0n) is 15.5. The summed E-state index contributed by atoms with van der Waals surface area (Å²) in [5.74, 6) is 0.970. The topological polar surface area (TPSA) is 47.0 Å². The minimum Gasteiger partial charge on any atom is -0.480 e. The standard InChI is InChI=1S/C20H27N3O/c1-8-14-11-17(21-6)18(13(4)5)23-19(14)15-9-10-16(12(2)3)22-20(15)24-7/h9-12,21H,4,8H2,1-3,5-7H3. The lowest BCUT2D eigenvalue weighted by atomic mass is 10.0. The van der Waals surface area contributed by atoms with E-state index in [4.69, 9.17) is 9.72 Å². The Kier molecular flexibility index (Phi) is 5.60. The smallest absolute Gasteiger partial charge is 0.222 e. The molecule has 2 aromatic rings. The number of rotatable bonds is 6. The van der Waals surface area contributed by atoms with Crippen LogP contribution in [-0.4, -0.2) is 24.1 Å². The molecule has 0 aliphatic heterocycles. The molecule has 2 rings (SSSR count). The number of pyridine rings is 2. The number of anilines is 1. The maximum absolute atomic E-state index is 5.56. The third kappa shape index (κ3) is 3.42. The van der Waals surface area contributed by atoms with E-state index >= 15 is 0 Å². The van der Waals surface area contributed by atoms with Crippen LogP contribution in [0.15, 0.2) is 24.8 Å². The molecule has 0 saturated carbocycles. The molecule has 0 radical (unpaired) electrons. The number of nitrogens with zero attached hydrogens (tertiary/aromatic N) is 2. The van der Waals surface area contributed by atoms with E-state index in [-0.39, 0.29) is 0 Å². The van der Waals surface area contributed by atoms with E-state index in [0.717, 1.165) is 45.9 Å². The van der Waals surface area contributed by atoms with Gasteiger partial charge in [0.1, 0.15) is 0 Å². The normalized spacial score (nSPS) is 10.8. The summed E-state index contributed by atoms with van der Waals surface area (Å²) in [6.45, 7) is 12.4. The summed E-state index contributed by atoms with van der Waals surface area (Å²) in [5, 5.41) is 3.21. The molecule has 0 aliphatic carbocycles. The molecule has 0 fully saturated rings. The number of nitrogens with one attached hydrogen (secondary N) is 1. The van der Waals surface area contributed by atoms with E-state index in [9.17, 15) is 0 Å². The molecule has 0 aliphatic rings. The number of methoxy groups -OCH3 is 1. The van der Waals surface area contributed by atoms with Gasteiger partial charge in [-0.15, -0.1) is 0 Å². The Morgan fingerprint density at radius 3 is 2.50 bits per heavy atom. The lowest BCUT2D eigenvalue weighted by Crippen LogP contribution is -2.04. The zero-order chi connectivity index (χ0) is 17.9. The number of hydrogen-bond acceptors (Lipinski definition) is 4. The second-order valence-electron chi connectivity index (χ2n) is 6.22. The van der Waals surface area contributed by atoms with E-state index < -0.39 is 0 Å². The summed E-state index contributed by atoms with van der Waals surface area (Å²) < 4.78 is 5.56. The molecule has 1 N–H and O–H groups in total. The van der Waals surface area contributed by atoms with Gasteiger partial charge in [0.2, 0.25) is 5.88 Å². The van der Waals surface area contributed by atoms with Crippen LogP contribution >= 0.6 is 0 Å². The van der Waals surface area contributed by atoms with Crippen molar-refractivity contribution in [3.05, 3.63) is 41.7 Å². The van der Waals surface area contributed by atoms with Crippen molar-refractivity contribution in [1.82, 2.24) is 9.97 Å². The highest BCUT2D eigenvalue weighted by Crippen LogP contribution is 2.34. The third-order valence-electron chi connectivity index (χ3n) is 4.08. The average Bonchev–Trinajstić information content (AvgIpc) is 2.59. The van der Waals surface area contributed by atoms with Crippen LogP contribution in [0.1, 0.15) is 50.6 Å². The predicted octanol–water partition coefficient (Wildman–Crippen LogP) is 4.91. The Morgan fingerprint density at radius 2 is 2.00 bits per heavy atom. The summed E-state index contributed by atoms with van der Waals surface area (Å²) in [6.07, 6.45) is 0.878. The highest BCUT2D eigenvalue weighted by molar-refractivity contribution is 5.77. The summed E-state index contributed by atoms with van der Waals surface area (Å²) in [7, 11) is 3.56. The molecule has 0 spiro atoms. The summed E-state index contributed by atoms with van der Waals surface area (Å²) >= 11 is 0. The van der Waals surface area contributed by atoms with E-state index in [1.807, 2.05) is 14.0 Å². The average molecular weight is 325 g/mol. The monoisotopic (exact) mass is 325 g/mol. The van der Waals surface area contributed by atoms with Crippen LogP contribution in [0.5, 0.6) is 5.88 Å². The van der Waals surface area contributed by atoms with Gasteiger partial charge in [0.25, 0.3) is 0 Å². The van der Waals surface area contributed by atoms with Crippen molar-refractivity contribution in [2.24, 2.45) is 0 Å². The van der Waals surface area contributed by atoms with Crippen LogP contribution in [0.4, 0.5) is 5.69 Å². The first-order chi connectivity index (χ1) is 11.4.